The van der Waals surface area contributed by atoms with Crippen molar-refractivity contribution in [1.29, 1.82) is 0 Å². The molecular weight excluding hydrogens is 626 g/mol. The van der Waals surface area contributed by atoms with E-state index in [0.717, 1.165) is 47.6 Å². The van der Waals surface area contributed by atoms with Gasteiger partial charge in [0.1, 0.15) is 11.8 Å². The highest BCUT2D eigenvalue weighted by molar-refractivity contribution is 14.1. The van der Waals surface area contributed by atoms with Gasteiger partial charge in [-0.1, -0.05) is 6.07 Å². The number of ether oxygens (including phenoxy) is 1. The number of morpholine rings is 1. The van der Waals surface area contributed by atoms with E-state index in [0.29, 0.717) is 40.4 Å². The maximum Gasteiger partial charge on any atom is 0.416 e. The first-order valence-corrected chi connectivity index (χ1v) is 13.1. The molecule has 39 heavy (non-hydrogen) atoms. The fourth-order valence-electron chi connectivity index (χ4n) is 4.50. The van der Waals surface area contributed by atoms with Crippen molar-refractivity contribution in [2.24, 2.45) is 0 Å². The van der Waals surface area contributed by atoms with Gasteiger partial charge in [-0.3, -0.25) is 4.90 Å². The Morgan fingerprint density at radius 2 is 1.85 bits per heavy atom. The monoisotopic (exact) mass is 651 g/mol. The van der Waals surface area contributed by atoms with Gasteiger partial charge in [0.05, 0.1) is 30.2 Å². The number of benzene rings is 2. The third-order valence-corrected chi connectivity index (χ3v) is 7.41. The first-order chi connectivity index (χ1) is 18.6. The minimum Gasteiger partial charge on any atom is -0.382 e. The fraction of sp³-hybridized carbons (Fsp3) is 0.269. The molecule has 1 saturated heterocycles. The summed E-state index contributed by atoms with van der Waals surface area (Å²) in [5.41, 5.74) is 10.1. The number of nitrogen functional groups attached to an aromatic ring is 1. The zero-order chi connectivity index (χ0) is 27.7. The van der Waals surface area contributed by atoms with E-state index < -0.39 is 17.8 Å². The van der Waals surface area contributed by atoms with Crippen LogP contribution in [0.5, 0.6) is 0 Å². The molecule has 1 aliphatic heterocycles. The fourth-order valence-corrected chi connectivity index (χ4v) is 4.97. The smallest absolute Gasteiger partial charge is 0.382 e. The summed E-state index contributed by atoms with van der Waals surface area (Å²) in [4.78, 5) is 19.1. The number of hydrogen-bond donors (Lipinski definition) is 3. The number of amides is 2. The van der Waals surface area contributed by atoms with Crippen molar-refractivity contribution in [2.75, 3.05) is 42.7 Å². The van der Waals surface area contributed by atoms with Crippen LogP contribution in [0.15, 0.2) is 48.8 Å². The predicted octanol–water partition coefficient (Wildman–Crippen LogP) is 5.39. The third kappa shape index (κ3) is 5.94. The first kappa shape index (κ1) is 27.1. The van der Waals surface area contributed by atoms with Crippen molar-refractivity contribution in [2.45, 2.75) is 19.6 Å². The molecule has 4 aromatic rings. The maximum absolute atomic E-state index is 13.1. The summed E-state index contributed by atoms with van der Waals surface area (Å²) in [5.74, 6) is 0.350. The average Bonchev–Trinajstić information content (AvgIpc) is 3.26. The van der Waals surface area contributed by atoms with Gasteiger partial charge in [-0.25, -0.2) is 14.3 Å². The number of anilines is 3. The van der Waals surface area contributed by atoms with E-state index >= 15 is 0 Å². The Labute approximate surface area is 235 Å². The molecule has 0 radical (unpaired) electrons. The lowest BCUT2D eigenvalue weighted by Crippen LogP contribution is -2.36. The molecule has 5 rings (SSSR count). The summed E-state index contributed by atoms with van der Waals surface area (Å²) in [5, 5.41) is 9.67. The number of halogens is 4. The van der Waals surface area contributed by atoms with Crippen LogP contribution < -0.4 is 16.4 Å². The van der Waals surface area contributed by atoms with Gasteiger partial charge in [-0.2, -0.15) is 18.3 Å². The second-order valence-corrected chi connectivity index (χ2v) is 10.3. The molecule has 2 aromatic heterocycles. The summed E-state index contributed by atoms with van der Waals surface area (Å²) >= 11 is 1.87. The minimum atomic E-state index is -4.51. The van der Waals surface area contributed by atoms with Crippen molar-refractivity contribution in [1.82, 2.24) is 19.5 Å². The molecule has 2 aromatic carbocycles. The molecule has 1 aliphatic rings. The van der Waals surface area contributed by atoms with E-state index in [4.69, 9.17) is 10.5 Å². The molecule has 2 amide bonds. The Hall–Kier alpha value is -3.43. The lowest BCUT2D eigenvalue weighted by Gasteiger charge is -2.26. The minimum absolute atomic E-state index is 0.0701. The van der Waals surface area contributed by atoms with E-state index in [1.54, 1.807) is 10.6 Å². The zero-order valence-corrected chi connectivity index (χ0v) is 23.0. The number of nitrogens with one attached hydrogen (secondary N) is 2. The Kier molecular flexibility index (Phi) is 7.64. The van der Waals surface area contributed by atoms with E-state index in [2.05, 4.69) is 25.6 Å². The Balaban J connectivity index is 1.38. The van der Waals surface area contributed by atoms with Gasteiger partial charge >= 0.3 is 12.2 Å². The van der Waals surface area contributed by atoms with Crippen LogP contribution in [0, 0.1) is 10.5 Å². The van der Waals surface area contributed by atoms with Crippen LogP contribution in [0.25, 0.3) is 16.6 Å². The zero-order valence-electron chi connectivity index (χ0n) is 20.8. The number of alkyl halides is 3. The summed E-state index contributed by atoms with van der Waals surface area (Å²) < 4.78 is 47.0. The molecule has 1 fully saturated rings. The summed E-state index contributed by atoms with van der Waals surface area (Å²) in [7, 11) is 0. The van der Waals surface area contributed by atoms with Crippen LogP contribution in [-0.2, 0) is 17.5 Å². The van der Waals surface area contributed by atoms with Gasteiger partial charge in [0.25, 0.3) is 0 Å². The lowest BCUT2D eigenvalue weighted by atomic mass is 10.0. The van der Waals surface area contributed by atoms with Crippen LogP contribution in [-0.4, -0.2) is 51.8 Å². The number of rotatable bonds is 5. The van der Waals surface area contributed by atoms with Gasteiger partial charge in [0.2, 0.25) is 0 Å². The highest BCUT2D eigenvalue weighted by Crippen LogP contribution is 2.34. The quantitative estimate of drug-likeness (QED) is 0.250. The van der Waals surface area contributed by atoms with Gasteiger partial charge in [0.15, 0.2) is 5.82 Å². The first-order valence-electron chi connectivity index (χ1n) is 12.1. The van der Waals surface area contributed by atoms with Gasteiger partial charge < -0.3 is 21.1 Å². The molecule has 0 atom stereocenters. The lowest BCUT2D eigenvalue weighted by molar-refractivity contribution is -0.137. The molecule has 9 nitrogen and oxygen atoms in total. The molecule has 204 valence electrons. The number of urea groups is 1. The Morgan fingerprint density at radius 1 is 1.10 bits per heavy atom. The van der Waals surface area contributed by atoms with Crippen LogP contribution in [0.1, 0.15) is 16.8 Å². The predicted molar refractivity (Wildman–Crippen MR) is 150 cm³/mol. The molecule has 0 saturated carbocycles. The molecule has 0 spiro atoms. The van der Waals surface area contributed by atoms with Gasteiger partial charge in [-0.15, -0.1) is 0 Å². The normalized spacial score (nSPS) is 14.5. The number of carbonyl (C=O) groups excluding carboxylic acids is 1. The Morgan fingerprint density at radius 3 is 2.56 bits per heavy atom. The van der Waals surface area contributed by atoms with Gasteiger partial charge in [0, 0.05) is 34.5 Å². The molecular formula is C26H25F3IN7O2. The second kappa shape index (κ2) is 11.0. The molecule has 13 heteroatoms. The average molecular weight is 651 g/mol. The summed E-state index contributed by atoms with van der Waals surface area (Å²) in [6, 6.07) is 10.1. The topological polar surface area (TPSA) is 110 Å². The molecule has 0 unspecified atom stereocenters. The van der Waals surface area contributed by atoms with E-state index in [1.165, 1.54) is 12.4 Å². The largest absolute Gasteiger partial charge is 0.416 e. The maximum atomic E-state index is 13.1. The van der Waals surface area contributed by atoms with Crippen LogP contribution in [0.3, 0.4) is 0 Å². The van der Waals surface area contributed by atoms with Crippen molar-refractivity contribution in [3.8, 4) is 11.1 Å². The van der Waals surface area contributed by atoms with Crippen molar-refractivity contribution in [3.05, 3.63) is 69.2 Å². The van der Waals surface area contributed by atoms with Gasteiger partial charge in [-0.05, 0) is 77.0 Å². The number of aromatic nitrogens is 3. The number of aryl methyl sites for hydroxylation is 1. The third-order valence-electron chi connectivity index (χ3n) is 6.47. The summed E-state index contributed by atoms with van der Waals surface area (Å²) in [6.45, 7) is 5.52. The molecule has 3 heterocycles. The van der Waals surface area contributed by atoms with Crippen molar-refractivity contribution in [3.63, 3.8) is 0 Å². The molecule has 0 bridgehead atoms. The highest BCUT2D eigenvalue weighted by Gasteiger charge is 2.31. The van der Waals surface area contributed by atoms with E-state index in [9.17, 15) is 18.0 Å². The number of nitrogens with two attached hydrogens (primary N) is 1. The van der Waals surface area contributed by atoms with E-state index in [1.807, 2.05) is 47.7 Å². The second-order valence-electron chi connectivity index (χ2n) is 9.14. The van der Waals surface area contributed by atoms with Crippen LogP contribution >= 0.6 is 22.6 Å². The molecule has 4 N–H and O–H groups in total. The van der Waals surface area contributed by atoms with E-state index in [-0.39, 0.29) is 5.69 Å². The number of hydrogen-bond acceptors (Lipinski definition) is 6. The van der Waals surface area contributed by atoms with Crippen LogP contribution in [0.4, 0.5) is 35.2 Å². The SMILES string of the molecule is Cc1cc(-c2cc(CN3CCOCC3)n3ncnc(N)c23)ccc1NC(=O)Nc1cc(C(F)(F)F)ccc1I. The number of fused-ring (bicyclic) bond motifs is 1. The number of carbonyl (C=O) groups is 1. The molecule has 0 aliphatic carbocycles. The highest BCUT2D eigenvalue weighted by atomic mass is 127. The Bertz CT molecular complexity index is 1530. The summed E-state index contributed by atoms with van der Waals surface area (Å²) in [6.07, 6.45) is -3.08. The standard InChI is InChI=1S/C26H25F3IN7O2/c1-15-10-16(2-5-21(15)34-25(38)35-22-11-17(26(27,28)29)3-4-20(22)30)19-12-18(13-36-6-8-39-9-7-36)37-23(19)24(31)32-14-33-37/h2-5,10-12,14H,6-9,13H2,1H3,(H2,31,32,33)(H2,34,35,38). The van der Waals surface area contributed by atoms with Crippen molar-refractivity contribution < 1.29 is 22.7 Å². The van der Waals surface area contributed by atoms with Crippen molar-refractivity contribution >= 4 is 51.3 Å². The number of nitrogens with zero attached hydrogens (tertiary/aromatic N) is 4. The van der Waals surface area contributed by atoms with Crippen LogP contribution in [0.2, 0.25) is 0 Å².